The zero-order valence-corrected chi connectivity index (χ0v) is 14.9. The number of fused-ring (bicyclic) bond motifs is 1. The average molecular weight is 368 g/mol. The molecule has 3 aromatic rings. The second kappa shape index (κ2) is 7.40. The van der Waals surface area contributed by atoms with E-state index in [0.29, 0.717) is 28.1 Å². The van der Waals surface area contributed by atoms with Crippen LogP contribution in [0.5, 0.6) is 0 Å². The Kier molecular flexibility index (Phi) is 4.64. The molecule has 0 bridgehead atoms. The van der Waals surface area contributed by atoms with Gasteiger partial charge in [0.15, 0.2) is 5.78 Å². The quantitative estimate of drug-likeness (QED) is 0.740. The van der Waals surface area contributed by atoms with Crippen LogP contribution in [0.15, 0.2) is 83.9 Å². The smallest absolute Gasteiger partial charge is 0.255 e. The second-order valence-electron chi connectivity index (χ2n) is 6.40. The van der Waals surface area contributed by atoms with Crippen LogP contribution in [0.3, 0.4) is 0 Å². The summed E-state index contributed by atoms with van der Waals surface area (Å²) in [4.78, 5) is 41.7. The summed E-state index contributed by atoms with van der Waals surface area (Å²) in [7, 11) is 0. The van der Waals surface area contributed by atoms with Crippen molar-refractivity contribution >= 4 is 34.6 Å². The molecule has 0 fully saturated rings. The van der Waals surface area contributed by atoms with Gasteiger partial charge in [-0.2, -0.15) is 0 Å². The van der Waals surface area contributed by atoms with Crippen LogP contribution in [0.25, 0.3) is 0 Å². The van der Waals surface area contributed by atoms with Crippen LogP contribution < -0.4 is 5.32 Å². The summed E-state index contributed by atoms with van der Waals surface area (Å²) in [5.41, 5.74) is 2.63. The van der Waals surface area contributed by atoms with Gasteiger partial charge in [-0.3, -0.25) is 14.4 Å². The van der Waals surface area contributed by atoms with Gasteiger partial charge in [0.1, 0.15) is 0 Å². The molecular weight excluding hydrogens is 352 g/mol. The molecule has 0 saturated carbocycles. The van der Waals surface area contributed by atoms with Crippen LogP contribution in [0.4, 0.5) is 11.4 Å². The minimum atomic E-state index is -0.242. The molecule has 0 saturated heterocycles. The molecular formula is C23H16N2O3. The molecule has 0 atom stereocenters. The summed E-state index contributed by atoms with van der Waals surface area (Å²) in [5.74, 6) is -0.598. The van der Waals surface area contributed by atoms with E-state index in [0.717, 1.165) is 0 Å². The Morgan fingerprint density at radius 2 is 1.54 bits per heavy atom. The number of ketones is 2. The van der Waals surface area contributed by atoms with Crippen molar-refractivity contribution in [3.05, 3.63) is 95.6 Å². The van der Waals surface area contributed by atoms with E-state index in [2.05, 4.69) is 10.3 Å². The van der Waals surface area contributed by atoms with Gasteiger partial charge in [0.05, 0.1) is 17.8 Å². The van der Waals surface area contributed by atoms with Crippen molar-refractivity contribution in [2.24, 2.45) is 4.99 Å². The molecule has 1 N–H and O–H groups in total. The first-order valence-electron chi connectivity index (χ1n) is 8.83. The molecule has 28 heavy (non-hydrogen) atoms. The van der Waals surface area contributed by atoms with Crippen molar-refractivity contribution in [1.82, 2.24) is 0 Å². The maximum absolute atomic E-state index is 12.7. The Morgan fingerprint density at radius 3 is 2.32 bits per heavy atom. The molecule has 1 amide bonds. The lowest BCUT2D eigenvalue weighted by molar-refractivity contribution is 0.0965. The molecule has 0 radical (unpaired) electrons. The number of carbonyl (C=O) groups is 3. The van der Waals surface area contributed by atoms with Gasteiger partial charge in [0, 0.05) is 22.4 Å². The second-order valence-corrected chi connectivity index (χ2v) is 6.40. The van der Waals surface area contributed by atoms with Crippen LogP contribution in [0, 0.1) is 0 Å². The van der Waals surface area contributed by atoms with Gasteiger partial charge in [-0.05, 0) is 30.3 Å². The zero-order chi connectivity index (χ0) is 19.5. The number of amides is 1. The number of rotatable bonds is 3. The molecule has 0 aromatic heterocycles. The van der Waals surface area contributed by atoms with E-state index < -0.39 is 0 Å². The van der Waals surface area contributed by atoms with Crippen molar-refractivity contribution in [2.75, 3.05) is 5.32 Å². The summed E-state index contributed by atoms with van der Waals surface area (Å²) in [6.07, 6.45) is -0.0313. The molecule has 0 aliphatic heterocycles. The number of anilines is 1. The minimum absolute atomic E-state index is 0.0313. The van der Waals surface area contributed by atoms with Gasteiger partial charge in [-0.25, -0.2) is 4.99 Å². The lowest BCUT2D eigenvalue weighted by atomic mass is 9.88. The summed E-state index contributed by atoms with van der Waals surface area (Å²) in [6.45, 7) is 0. The molecule has 5 heteroatoms. The molecule has 3 aromatic carbocycles. The first kappa shape index (κ1) is 17.5. The van der Waals surface area contributed by atoms with Gasteiger partial charge >= 0.3 is 0 Å². The predicted molar refractivity (Wildman–Crippen MR) is 108 cm³/mol. The third-order valence-electron chi connectivity index (χ3n) is 4.47. The summed E-state index contributed by atoms with van der Waals surface area (Å²) in [6, 6.07) is 22.5. The highest BCUT2D eigenvalue weighted by Crippen LogP contribution is 2.24. The van der Waals surface area contributed by atoms with Crippen LogP contribution >= 0.6 is 0 Å². The van der Waals surface area contributed by atoms with E-state index in [1.165, 1.54) is 0 Å². The van der Waals surface area contributed by atoms with E-state index in [1.807, 2.05) is 6.07 Å². The Morgan fingerprint density at radius 1 is 0.821 bits per heavy atom. The topological polar surface area (TPSA) is 75.6 Å². The lowest BCUT2D eigenvalue weighted by Gasteiger charge is -2.15. The highest BCUT2D eigenvalue weighted by atomic mass is 16.2. The van der Waals surface area contributed by atoms with Crippen molar-refractivity contribution in [1.29, 1.82) is 0 Å². The Hall–Kier alpha value is -3.86. The van der Waals surface area contributed by atoms with Crippen molar-refractivity contribution < 1.29 is 14.4 Å². The van der Waals surface area contributed by atoms with Crippen molar-refractivity contribution in [2.45, 2.75) is 6.42 Å². The van der Waals surface area contributed by atoms with Crippen molar-refractivity contribution in [3.8, 4) is 0 Å². The number of hydrogen-bond acceptors (Lipinski definition) is 4. The molecule has 136 valence electrons. The lowest BCUT2D eigenvalue weighted by Crippen LogP contribution is -2.26. The third-order valence-corrected chi connectivity index (χ3v) is 4.47. The SMILES string of the molecule is O=C(Nc1cccc(N=C2CC(=O)c3ccccc3C2=O)c1)c1ccccc1. The van der Waals surface area contributed by atoms with Gasteiger partial charge in [-0.1, -0.05) is 48.5 Å². The van der Waals surface area contributed by atoms with Crippen LogP contribution in [-0.2, 0) is 0 Å². The molecule has 1 aliphatic carbocycles. The number of Topliss-reactive ketones (excluding diaryl/α,β-unsaturated/α-hetero) is 2. The van der Waals surface area contributed by atoms with E-state index in [-0.39, 0.29) is 29.6 Å². The Bertz CT molecular complexity index is 1120. The minimum Gasteiger partial charge on any atom is -0.322 e. The number of nitrogens with one attached hydrogen (secondary N) is 1. The van der Waals surface area contributed by atoms with Crippen LogP contribution in [0.2, 0.25) is 0 Å². The molecule has 0 unspecified atom stereocenters. The third kappa shape index (κ3) is 3.50. The number of nitrogens with zero attached hydrogens (tertiary/aromatic N) is 1. The summed E-state index contributed by atoms with van der Waals surface area (Å²) >= 11 is 0. The predicted octanol–water partition coefficient (Wildman–Crippen LogP) is 4.48. The summed E-state index contributed by atoms with van der Waals surface area (Å²) < 4.78 is 0. The molecule has 0 heterocycles. The zero-order valence-electron chi connectivity index (χ0n) is 14.9. The molecule has 0 spiro atoms. The standard InChI is InChI=1S/C23H16N2O3/c26-21-14-20(22(27)19-12-5-4-11-18(19)21)24-16-9-6-10-17(13-16)25-23(28)15-7-2-1-3-8-15/h1-13H,14H2,(H,25,28). The fraction of sp³-hybridized carbons (Fsp3) is 0.0435. The Labute approximate surface area is 161 Å². The fourth-order valence-electron chi connectivity index (χ4n) is 3.10. The molecule has 1 aliphatic rings. The monoisotopic (exact) mass is 368 g/mol. The van der Waals surface area contributed by atoms with E-state index in [9.17, 15) is 14.4 Å². The highest BCUT2D eigenvalue weighted by molar-refractivity contribution is 6.53. The number of hydrogen-bond donors (Lipinski definition) is 1. The maximum Gasteiger partial charge on any atom is 0.255 e. The van der Waals surface area contributed by atoms with Gasteiger partial charge < -0.3 is 5.32 Å². The average Bonchev–Trinajstić information content (AvgIpc) is 2.73. The number of carbonyl (C=O) groups excluding carboxylic acids is 3. The maximum atomic E-state index is 12.7. The van der Waals surface area contributed by atoms with Gasteiger partial charge in [0.2, 0.25) is 5.78 Å². The number of benzene rings is 3. The van der Waals surface area contributed by atoms with E-state index in [4.69, 9.17) is 0 Å². The van der Waals surface area contributed by atoms with Gasteiger partial charge in [-0.15, -0.1) is 0 Å². The molecule has 4 rings (SSSR count). The van der Waals surface area contributed by atoms with Gasteiger partial charge in [0.25, 0.3) is 5.91 Å². The van der Waals surface area contributed by atoms with Crippen LogP contribution in [-0.4, -0.2) is 23.2 Å². The first-order valence-corrected chi connectivity index (χ1v) is 8.83. The van der Waals surface area contributed by atoms with Crippen LogP contribution in [0.1, 0.15) is 37.5 Å². The normalized spacial score (nSPS) is 14.6. The number of aliphatic imine (C=N–C) groups is 1. The van der Waals surface area contributed by atoms with E-state index >= 15 is 0 Å². The summed E-state index contributed by atoms with van der Waals surface area (Å²) in [5, 5.41) is 2.81. The first-order chi connectivity index (χ1) is 13.6. The van der Waals surface area contributed by atoms with Crippen molar-refractivity contribution in [3.63, 3.8) is 0 Å². The van der Waals surface area contributed by atoms with E-state index in [1.54, 1.807) is 72.8 Å². The fourth-order valence-corrected chi connectivity index (χ4v) is 3.10. The Balaban J connectivity index is 1.59. The largest absolute Gasteiger partial charge is 0.322 e. The molecule has 5 nitrogen and oxygen atoms in total. The highest BCUT2D eigenvalue weighted by Gasteiger charge is 2.28.